The summed E-state index contributed by atoms with van der Waals surface area (Å²) in [5.41, 5.74) is 2.44. The highest BCUT2D eigenvalue weighted by molar-refractivity contribution is 5.85. The Hall–Kier alpha value is -1.51. The zero-order valence-electron chi connectivity index (χ0n) is 12.2. The van der Waals surface area contributed by atoms with Crippen LogP contribution < -0.4 is 10.6 Å². The van der Waals surface area contributed by atoms with Gasteiger partial charge in [0.15, 0.2) is 0 Å². The highest BCUT2D eigenvalue weighted by Gasteiger charge is 2.26. The van der Waals surface area contributed by atoms with Crippen molar-refractivity contribution in [1.29, 1.82) is 0 Å². The fraction of sp³-hybridized carbons (Fsp3) is 0.588. The summed E-state index contributed by atoms with van der Waals surface area (Å²) >= 11 is 0. The molecule has 1 amide bonds. The molecular formula is C17H24N2O. The molecule has 108 valence electrons. The number of benzene rings is 1. The van der Waals surface area contributed by atoms with E-state index in [0.717, 1.165) is 37.3 Å². The quantitative estimate of drug-likeness (QED) is 0.868. The number of rotatable bonds is 2. The minimum absolute atomic E-state index is 0.0655. The number of carbonyl (C=O) groups is 1. The molecule has 2 aliphatic rings. The van der Waals surface area contributed by atoms with Crippen LogP contribution in [0.2, 0.25) is 0 Å². The van der Waals surface area contributed by atoms with Gasteiger partial charge >= 0.3 is 0 Å². The van der Waals surface area contributed by atoms with Crippen LogP contribution in [0.4, 0.5) is 5.69 Å². The van der Waals surface area contributed by atoms with E-state index in [1.54, 1.807) is 0 Å². The molecule has 1 fully saturated rings. The third-order valence-electron chi connectivity index (χ3n) is 4.73. The van der Waals surface area contributed by atoms with Gasteiger partial charge in [0, 0.05) is 11.7 Å². The number of amides is 1. The van der Waals surface area contributed by atoms with Crippen LogP contribution in [0.5, 0.6) is 0 Å². The second-order valence-electron chi connectivity index (χ2n) is 6.36. The van der Waals surface area contributed by atoms with E-state index in [9.17, 15) is 4.79 Å². The highest BCUT2D eigenvalue weighted by atomic mass is 16.2. The number of fused-ring (bicyclic) bond motifs is 1. The summed E-state index contributed by atoms with van der Waals surface area (Å²) in [6.07, 6.45) is 6.64. The van der Waals surface area contributed by atoms with E-state index >= 15 is 0 Å². The van der Waals surface area contributed by atoms with E-state index in [1.165, 1.54) is 18.4 Å². The molecule has 0 aromatic heterocycles. The molecule has 3 nitrogen and oxygen atoms in total. The van der Waals surface area contributed by atoms with E-state index in [2.05, 4.69) is 35.8 Å². The van der Waals surface area contributed by atoms with Gasteiger partial charge in [0.1, 0.15) is 6.04 Å². The summed E-state index contributed by atoms with van der Waals surface area (Å²) < 4.78 is 0. The van der Waals surface area contributed by atoms with Crippen molar-refractivity contribution in [1.82, 2.24) is 5.32 Å². The monoisotopic (exact) mass is 272 g/mol. The fourth-order valence-electron chi connectivity index (χ4n) is 3.34. The van der Waals surface area contributed by atoms with Gasteiger partial charge in [-0.25, -0.2) is 0 Å². The molecule has 1 atom stereocenters. The fourth-order valence-corrected chi connectivity index (χ4v) is 3.34. The minimum atomic E-state index is -0.0655. The van der Waals surface area contributed by atoms with Crippen molar-refractivity contribution >= 4 is 11.6 Å². The SMILES string of the molecule is CC1CCC(NC(=O)C2CCc3ccccc3N2)CC1. The maximum Gasteiger partial charge on any atom is 0.242 e. The maximum atomic E-state index is 12.4. The van der Waals surface area contributed by atoms with Gasteiger partial charge in [-0.3, -0.25) is 4.79 Å². The Labute approximate surface area is 121 Å². The number of hydrogen-bond donors (Lipinski definition) is 2. The van der Waals surface area contributed by atoms with Crippen molar-refractivity contribution in [3.63, 3.8) is 0 Å². The molecule has 1 aromatic carbocycles. The minimum Gasteiger partial charge on any atom is -0.373 e. The normalized spacial score (nSPS) is 29.1. The molecule has 1 aliphatic heterocycles. The zero-order valence-corrected chi connectivity index (χ0v) is 12.2. The molecule has 2 N–H and O–H groups in total. The Morgan fingerprint density at radius 2 is 1.90 bits per heavy atom. The van der Waals surface area contributed by atoms with Crippen LogP contribution >= 0.6 is 0 Å². The van der Waals surface area contributed by atoms with Crippen LogP contribution in [0, 0.1) is 5.92 Å². The summed E-state index contributed by atoms with van der Waals surface area (Å²) in [6.45, 7) is 2.30. The predicted molar refractivity (Wildman–Crippen MR) is 81.7 cm³/mol. The van der Waals surface area contributed by atoms with Crippen molar-refractivity contribution in [3.05, 3.63) is 29.8 Å². The largest absolute Gasteiger partial charge is 0.373 e. The molecule has 0 bridgehead atoms. The zero-order chi connectivity index (χ0) is 13.9. The first-order valence-electron chi connectivity index (χ1n) is 7.87. The third kappa shape index (κ3) is 2.97. The van der Waals surface area contributed by atoms with E-state index in [4.69, 9.17) is 0 Å². The summed E-state index contributed by atoms with van der Waals surface area (Å²) in [6, 6.07) is 8.61. The van der Waals surface area contributed by atoms with Gasteiger partial charge < -0.3 is 10.6 Å². The summed E-state index contributed by atoms with van der Waals surface area (Å²) in [5, 5.41) is 6.62. The molecule has 3 heteroatoms. The van der Waals surface area contributed by atoms with Crippen LogP contribution in [-0.4, -0.2) is 18.0 Å². The van der Waals surface area contributed by atoms with E-state index in [1.807, 2.05) is 6.07 Å². The molecule has 0 saturated heterocycles. The van der Waals surface area contributed by atoms with Crippen LogP contribution in [0.3, 0.4) is 0 Å². The van der Waals surface area contributed by atoms with Crippen molar-refractivity contribution in [2.75, 3.05) is 5.32 Å². The van der Waals surface area contributed by atoms with Crippen molar-refractivity contribution in [2.24, 2.45) is 5.92 Å². The summed E-state index contributed by atoms with van der Waals surface area (Å²) in [5.74, 6) is 1.00. The molecular weight excluding hydrogens is 248 g/mol. The Bertz CT molecular complexity index is 478. The average molecular weight is 272 g/mol. The van der Waals surface area contributed by atoms with Crippen LogP contribution in [0.1, 0.15) is 44.6 Å². The molecule has 1 aromatic rings. The van der Waals surface area contributed by atoms with Gasteiger partial charge in [-0.05, 0) is 56.1 Å². The lowest BCUT2D eigenvalue weighted by Crippen LogP contribution is -2.47. The van der Waals surface area contributed by atoms with Gasteiger partial charge in [-0.2, -0.15) is 0 Å². The Morgan fingerprint density at radius 3 is 2.70 bits per heavy atom. The average Bonchev–Trinajstić information content (AvgIpc) is 2.49. The standard InChI is InChI=1S/C17H24N2O/c1-12-6-9-14(10-7-12)18-17(20)16-11-8-13-4-2-3-5-15(13)19-16/h2-5,12,14,16,19H,6-11H2,1H3,(H,18,20). The van der Waals surface area contributed by atoms with Crippen LogP contribution in [0.15, 0.2) is 24.3 Å². The Balaban J connectivity index is 1.56. The molecule has 20 heavy (non-hydrogen) atoms. The first-order chi connectivity index (χ1) is 9.72. The molecule has 1 aliphatic carbocycles. The predicted octanol–water partition coefficient (Wildman–Crippen LogP) is 3.11. The van der Waals surface area contributed by atoms with E-state index in [-0.39, 0.29) is 11.9 Å². The second kappa shape index (κ2) is 5.86. The summed E-state index contributed by atoms with van der Waals surface area (Å²) in [4.78, 5) is 12.4. The van der Waals surface area contributed by atoms with Gasteiger partial charge in [0.2, 0.25) is 5.91 Å². The smallest absolute Gasteiger partial charge is 0.242 e. The maximum absolute atomic E-state index is 12.4. The van der Waals surface area contributed by atoms with Gasteiger partial charge in [0.05, 0.1) is 0 Å². The molecule has 3 rings (SSSR count). The third-order valence-corrected chi connectivity index (χ3v) is 4.73. The van der Waals surface area contributed by atoms with Gasteiger partial charge in [0.25, 0.3) is 0 Å². The number of aryl methyl sites for hydroxylation is 1. The molecule has 0 spiro atoms. The molecule has 1 heterocycles. The van der Waals surface area contributed by atoms with Crippen LogP contribution in [0.25, 0.3) is 0 Å². The molecule has 0 radical (unpaired) electrons. The lowest BCUT2D eigenvalue weighted by molar-refractivity contribution is -0.123. The Kier molecular flexibility index (Phi) is 3.95. The van der Waals surface area contributed by atoms with E-state index < -0.39 is 0 Å². The lowest BCUT2D eigenvalue weighted by Gasteiger charge is -2.31. The second-order valence-corrected chi connectivity index (χ2v) is 6.36. The highest BCUT2D eigenvalue weighted by Crippen LogP contribution is 2.26. The van der Waals surface area contributed by atoms with Gasteiger partial charge in [-0.15, -0.1) is 0 Å². The van der Waals surface area contributed by atoms with Crippen LogP contribution in [-0.2, 0) is 11.2 Å². The first-order valence-corrected chi connectivity index (χ1v) is 7.87. The first kappa shape index (κ1) is 13.5. The number of nitrogens with one attached hydrogen (secondary N) is 2. The van der Waals surface area contributed by atoms with E-state index in [0.29, 0.717) is 6.04 Å². The molecule has 1 saturated carbocycles. The van der Waals surface area contributed by atoms with Crippen molar-refractivity contribution in [2.45, 2.75) is 57.5 Å². The Morgan fingerprint density at radius 1 is 1.15 bits per heavy atom. The lowest BCUT2D eigenvalue weighted by atomic mass is 9.87. The number of hydrogen-bond acceptors (Lipinski definition) is 2. The molecule has 1 unspecified atom stereocenters. The number of anilines is 1. The number of carbonyl (C=O) groups excluding carboxylic acids is 1. The van der Waals surface area contributed by atoms with Crippen molar-refractivity contribution < 1.29 is 4.79 Å². The summed E-state index contributed by atoms with van der Waals surface area (Å²) in [7, 11) is 0. The van der Waals surface area contributed by atoms with Crippen molar-refractivity contribution in [3.8, 4) is 0 Å². The van der Waals surface area contributed by atoms with Gasteiger partial charge in [-0.1, -0.05) is 25.1 Å². The number of para-hydroxylation sites is 1. The topological polar surface area (TPSA) is 41.1 Å².